The summed E-state index contributed by atoms with van der Waals surface area (Å²) in [6, 6.07) is -1.15. The Bertz CT molecular complexity index is 301. The summed E-state index contributed by atoms with van der Waals surface area (Å²) < 4.78 is 24.9. The molecule has 0 rings (SSSR count). The topological polar surface area (TPSA) is 83.5 Å². The first-order valence-corrected chi connectivity index (χ1v) is 5.47. The molecule has 0 spiro atoms. The summed E-state index contributed by atoms with van der Waals surface area (Å²) >= 11 is 0. The zero-order chi connectivity index (χ0) is 14.5. The van der Waals surface area contributed by atoms with E-state index in [1.807, 2.05) is 0 Å². The molecule has 0 aromatic carbocycles. The van der Waals surface area contributed by atoms with Gasteiger partial charge in [-0.25, -0.2) is 13.6 Å². The van der Waals surface area contributed by atoms with Crippen molar-refractivity contribution in [3.8, 4) is 0 Å². The highest BCUT2D eigenvalue weighted by molar-refractivity contribution is 5.88. The Labute approximate surface area is 104 Å². The average Bonchev–Trinajstić information content (AvgIpc) is 2.20. The molecule has 1 amide bonds. The van der Waals surface area contributed by atoms with Crippen molar-refractivity contribution in [2.75, 3.05) is 0 Å². The highest BCUT2D eigenvalue weighted by atomic mass is 19.3. The number of Topliss-reactive ketones (excluding diaryl/α,β-unsaturated/α-hetero) is 1. The van der Waals surface area contributed by atoms with E-state index in [9.17, 15) is 23.2 Å². The number of rotatable bonds is 7. The van der Waals surface area contributed by atoms with Crippen LogP contribution in [0.2, 0.25) is 0 Å². The Kier molecular flexibility index (Phi) is 6.43. The SMILES string of the molecule is CC(=O)C(CC(=O)N[C@H](C(=O)O)C(C)C)C(F)F. The van der Waals surface area contributed by atoms with Gasteiger partial charge in [0.1, 0.15) is 11.8 Å². The standard InChI is InChI=1S/C11H17F2NO4/c1-5(2)9(11(17)18)14-8(16)4-7(6(3)15)10(12)13/h5,7,9-10H,4H2,1-3H3,(H,14,16)(H,17,18)/t7?,9-/m0/s1. The normalized spacial score (nSPS) is 14.4. The van der Waals surface area contributed by atoms with E-state index < -0.39 is 42.5 Å². The van der Waals surface area contributed by atoms with Crippen molar-refractivity contribution < 1.29 is 28.3 Å². The number of carboxylic acids is 1. The smallest absolute Gasteiger partial charge is 0.326 e. The molecule has 0 radical (unpaired) electrons. The van der Waals surface area contributed by atoms with Crippen LogP contribution in [0.25, 0.3) is 0 Å². The van der Waals surface area contributed by atoms with Gasteiger partial charge in [0.25, 0.3) is 0 Å². The minimum absolute atomic E-state index is 0.381. The second kappa shape index (κ2) is 7.03. The van der Waals surface area contributed by atoms with Gasteiger partial charge in [-0.2, -0.15) is 0 Å². The van der Waals surface area contributed by atoms with Crippen molar-refractivity contribution in [3.63, 3.8) is 0 Å². The van der Waals surface area contributed by atoms with E-state index in [1.165, 1.54) is 0 Å². The minimum atomic E-state index is -2.93. The second-order valence-electron chi connectivity index (χ2n) is 4.38. The zero-order valence-corrected chi connectivity index (χ0v) is 10.4. The molecule has 0 heterocycles. The molecule has 5 nitrogen and oxygen atoms in total. The van der Waals surface area contributed by atoms with Gasteiger partial charge < -0.3 is 10.4 Å². The lowest BCUT2D eigenvalue weighted by Gasteiger charge is -2.19. The van der Waals surface area contributed by atoms with E-state index in [0.29, 0.717) is 0 Å². The highest BCUT2D eigenvalue weighted by Crippen LogP contribution is 2.15. The summed E-state index contributed by atoms with van der Waals surface area (Å²) in [6.07, 6.45) is -3.64. The van der Waals surface area contributed by atoms with Gasteiger partial charge in [0.15, 0.2) is 0 Å². The number of nitrogens with one attached hydrogen (secondary N) is 1. The average molecular weight is 265 g/mol. The first kappa shape index (κ1) is 16.5. The third kappa shape index (κ3) is 5.20. The number of aliphatic carboxylic acids is 1. The van der Waals surface area contributed by atoms with Crippen LogP contribution in [-0.4, -0.2) is 35.2 Å². The van der Waals surface area contributed by atoms with Gasteiger partial charge in [0.2, 0.25) is 12.3 Å². The summed E-state index contributed by atoms with van der Waals surface area (Å²) in [4.78, 5) is 33.1. The van der Waals surface area contributed by atoms with Crippen LogP contribution in [0.4, 0.5) is 8.78 Å². The van der Waals surface area contributed by atoms with Crippen molar-refractivity contribution in [2.24, 2.45) is 11.8 Å². The number of carboxylic acid groups (broad SMARTS) is 1. The van der Waals surface area contributed by atoms with E-state index in [0.717, 1.165) is 6.92 Å². The number of hydrogen-bond acceptors (Lipinski definition) is 3. The molecule has 0 aromatic heterocycles. The molecule has 104 valence electrons. The fourth-order valence-corrected chi connectivity index (χ4v) is 1.36. The van der Waals surface area contributed by atoms with Crippen LogP contribution in [0.5, 0.6) is 0 Å². The molecule has 0 saturated heterocycles. The fraction of sp³-hybridized carbons (Fsp3) is 0.727. The van der Waals surface area contributed by atoms with Gasteiger partial charge in [0, 0.05) is 6.42 Å². The zero-order valence-electron chi connectivity index (χ0n) is 10.4. The lowest BCUT2D eigenvalue weighted by atomic mass is 10.00. The first-order valence-electron chi connectivity index (χ1n) is 5.47. The van der Waals surface area contributed by atoms with Crippen LogP contribution in [-0.2, 0) is 14.4 Å². The molecule has 0 aliphatic heterocycles. The van der Waals surface area contributed by atoms with E-state index >= 15 is 0 Å². The van der Waals surface area contributed by atoms with Crippen LogP contribution in [0, 0.1) is 11.8 Å². The second-order valence-corrected chi connectivity index (χ2v) is 4.38. The summed E-state index contributed by atoms with van der Waals surface area (Å²) in [5.41, 5.74) is 0. The number of carbonyl (C=O) groups excluding carboxylic acids is 2. The Hall–Kier alpha value is -1.53. The van der Waals surface area contributed by atoms with E-state index in [2.05, 4.69) is 5.32 Å². The molecule has 0 aliphatic carbocycles. The van der Waals surface area contributed by atoms with Crippen molar-refractivity contribution in [1.82, 2.24) is 5.32 Å². The summed E-state index contributed by atoms with van der Waals surface area (Å²) in [7, 11) is 0. The lowest BCUT2D eigenvalue weighted by Crippen LogP contribution is -2.45. The third-order valence-electron chi connectivity index (χ3n) is 2.48. The number of carbonyl (C=O) groups is 3. The predicted molar refractivity (Wildman–Crippen MR) is 59.2 cm³/mol. The van der Waals surface area contributed by atoms with Gasteiger partial charge in [-0.1, -0.05) is 13.8 Å². The molecule has 18 heavy (non-hydrogen) atoms. The Morgan fingerprint density at radius 3 is 2.00 bits per heavy atom. The molecule has 7 heteroatoms. The Morgan fingerprint density at radius 1 is 1.22 bits per heavy atom. The van der Waals surface area contributed by atoms with Crippen molar-refractivity contribution in [3.05, 3.63) is 0 Å². The van der Waals surface area contributed by atoms with E-state index in [-0.39, 0.29) is 5.92 Å². The lowest BCUT2D eigenvalue weighted by molar-refractivity contribution is -0.143. The van der Waals surface area contributed by atoms with Gasteiger partial charge in [-0.3, -0.25) is 9.59 Å². The molecule has 1 unspecified atom stereocenters. The van der Waals surface area contributed by atoms with Crippen LogP contribution < -0.4 is 5.32 Å². The van der Waals surface area contributed by atoms with Gasteiger partial charge in [-0.05, 0) is 12.8 Å². The highest BCUT2D eigenvalue weighted by Gasteiger charge is 2.30. The van der Waals surface area contributed by atoms with Gasteiger partial charge >= 0.3 is 5.97 Å². The molecule has 2 N–H and O–H groups in total. The van der Waals surface area contributed by atoms with Crippen LogP contribution >= 0.6 is 0 Å². The minimum Gasteiger partial charge on any atom is -0.480 e. The number of halogens is 2. The molecule has 0 aromatic rings. The van der Waals surface area contributed by atoms with Crippen molar-refractivity contribution in [2.45, 2.75) is 39.7 Å². The maximum absolute atomic E-state index is 12.4. The Morgan fingerprint density at radius 2 is 1.72 bits per heavy atom. The van der Waals surface area contributed by atoms with Gasteiger partial charge in [0.05, 0.1) is 5.92 Å². The van der Waals surface area contributed by atoms with Crippen molar-refractivity contribution in [1.29, 1.82) is 0 Å². The summed E-state index contributed by atoms with van der Waals surface area (Å²) in [5.74, 6) is -4.97. The molecule has 0 fully saturated rings. The summed E-state index contributed by atoms with van der Waals surface area (Å²) in [5, 5.41) is 10.9. The van der Waals surface area contributed by atoms with Crippen molar-refractivity contribution >= 4 is 17.7 Å². The van der Waals surface area contributed by atoms with Gasteiger partial charge in [-0.15, -0.1) is 0 Å². The number of amides is 1. The number of alkyl halides is 2. The molecular formula is C11H17F2NO4. The number of ketones is 1. The van der Waals surface area contributed by atoms with Crippen LogP contribution in [0.15, 0.2) is 0 Å². The van der Waals surface area contributed by atoms with Crippen LogP contribution in [0.1, 0.15) is 27.2 Å². The molecule has 0 saturated carbocycles. The maximum Gasteiger partial charge on any atom is 0.326 e. The first-order chi connectivity index (χ1) is 8.16. The predicted octanol–water partition coefficient (Wildman–Crippen LogP) is 1.07. The monoisotopic (exact) mass is 265 g/mol. The van der Waals surface area contributed by atoms with E-state index in [1.54, 1.807) is 13.8 Å². The Balaban J connectivity index is 4.57. The molecular weight excluding hydrogens is 248 g/mol. The maximum atomic E-state index is 12.4. The fourth-order valence-electron chi connectivity index (χ4n) is 1.36. The molecule has 0 aliphatic rings. The number of hydrogen-bond donors (Lipinski definition) is 2. The third-order valence-corrected chi connectivity index (χ3v) is 2.48. The molecule has 0 bridgehead atoms. The largest absolute Gasteiger partial charge is 0.480 e. The van der Waals surface area contributed by atoms with E-state index in [4.69, 9.17) is 5.11 Å². The van der Waals surface area contributed by atoms with Crippen LogP contribution in [0.3, 0.4) is 0 Å². The summed E-state index contributed by atoms with van der Waals surface area (Å²) in [6.45, 7) is 4.13. The molecule has 2 atom stereocenters. The quantitative estimate of drug-likeness (QED) is 0.721.